The highest BCUT2D eigenvalue weighted by Crippen LogP contribution is 2.01. The van der Waals surface area contributed by atoms with Crippen molar-refractivity contribution in [1.82, 2.24) is 10.6 Å². The maximum atomic E-state index is 11.6. The Morgan fingerprint density at radius 2 is 1.82 bits per heavy atom. The van der Waals surface area contributed by atoms with Gasteiger partial charge in [-0.3, -0.25) is 4.79 Å². The average molecular weight is 307 g/mol. The average Bonchev–Trinajstić information content (AvgIpc) is 2.49. The molecular weight excluding hydrogens is 288 g/mol. The third-order valence-electron chi connectivity index (χ3n) is 2.84. The summed E-state index contributed by atoms with van der Waals surface area (Å²) < 4.78 is 4.92. The van der Waals surface area contributed by atoms with Crippen LogP contribution in [0.1, 0.15) is 19.4 Å². The van der Waals surface area contributed by atoms with Crippen molar-refractivity contribution in [2.45, 2.75) is 26.5 Å². The van der Waals surface area contributed by atoms with Gasteiger partial charge in [-0.15, -0.1) is 0 Å². The van der Waals surface area contributed by atoms with Crippen molar-refractivity contribution in [3.63, 3.8) is 0 Å². The molecular formula is C15H19N2O5-. The molecule has 120 valence electrons. The highest BCUT2D eigenvalue weighted by molar-refractivity contribution is 5.86. The monoisotopic (exact) mass is 307 g/mol. The number of rotatable bonds is 7. The Kier molecular flexibility index (Phi) is 6.88. The first-order chi connectivity index (χ1) is 10.4. The lowest BCUT2D eigenvalue weighted by Gasteiger charge is -2.23. The lowest BCUT2D eigenvalue weighted by atomic mass is 10.1. The van der Waals surface area contributed by atoms with Crippen molar-refractivity contribution in [2.75, 3.05) is 6.54 Å². The molecule has 0 spiro atoms. The third-order valence-corrected chi connectivity index (χ3v) is 2.84. The smallest absolute Gasteiger partial charge is 0.407 e. The highest BCUT2D eigenvalue weighted by atomic mass is 16.5. The summed E-state index contributed by atoms with van der Waals surface area (Å²) in [6, 6.07) is 7.97. The van der Waals surface area contributed by atoms with E-state index in [-0.39, 0.29) is 19.1 Å². The molecule has 0 radical (unpaired) electrons. The van der Waals surface area contributed by atoms with Crippen molar-refractivity contribution in [3.8, 4) is 0 Å². The molecule has 1 atom stereocenters. The number of ether oxygens (including phenoxy) is 1. The Bertz CT molecular complexity index is 516. The summed E-state index contributed by atoms with van der Waals surface area (Å²) in [5.74, 6) is -2.31. The van der Waals surface area contributed by atoms with Crippen LogP contribution in [0.5, 0.6) is 0 Å². The van der Waals surface area contributed by atoms with E-state index in [2.05, 4.69) is 10.6 Å². The van der Waals surface area contributed by atoms with Crippen molar-refractivity contribution in [2.24, 2.45) is 5.92 Å². The highest BCUT2D eigenvalue weighted by Gasteiger charge is 2.17. The van der Waals surface area contributed by atoms with Gasteiger partial charge in [0.15, 0.2) is 0 Å². The molecule has 1 aromatic carbocycles. The Morgan fingerprint density at radius 3 is 2.36 bits per heavy atom. The number of aliphatic carboxylic acids is 1. The number of carboxylic acid groups (broad SMARTS) is 1. The first kappa shape index (κ1) is 17.5. The quantitative estimate of drug-likeness (QED) is 0.725. The second-order valence-corrected chi connectivity index (χ2v) is 5.02. The molecule has 0 saturated heterocycles. The van der Waals surface area contributed by atoms with Crippen LogP contribution in [-0.2, 0) is 20.9 Å². The van der Waals surface area contributed by atoms with E-state index < -0.39 is 24.0 Å². The second kappa shape index (κ2) is 8.66. The molecule has 7 nitrogen and oxygen atoms in total. The molecule has 0 saturated carbocycles. The van der Waals surface area contributed by atoms with Gasteiger partial charge in [0, 0.05) is 0 Å². The standard InChI is InChI=1S/C15H20N2O5/c1-10(2)13(14(19)20)17-12(18)8-16-15(21)22-9-11-6-4-3-5-7-11/h3-7,10,13H,8-9H2,1-2H3,(H,16,21)(H,17,18)(H,19,20)/p-1/t13-/m0/s1. The minimum atomic E-state index is -1.37. The van der Waals surface area contributed by atoms with Crippen LogP contribution in [0.2, 0.25) is 0 Å². The maximum absolute atomic E-state index is 11.6. The van der Waals surface area contributed by atoms with Crippen LogP contribution in [0.15, 0.2) is 30.3 Å². The summed E-state index contributed by atoms with van der Waals surface area (Å²) in [6.07, 6.45) is -0.756. The first-order valence-electron chi connectivity index (χ1n) is 6.85. The molecule has 1 rings (SSSR count). The largest absolute Gasteiger partial charge is 0.548 e. The van der Waals surface area contributed by atoms with E-state index in [4.69, 9.17) is 4.74 Å². The van der Waals surface area contributed by atoms with E-state index in [0.717, 1.165) is 5.56 Å². The summed E-state index contributed by atoms with van der Waals surface area (Å²) in [7, 11) is 0. The Labute approximate surface area is 128 Å². The van der Waals surface area contributed by atoms with Crippen LogP contribution in [0, 0.1) is 5.92 Å². The van der Waals surface area contributed by atoms with Gasteiger partial charge in [-0.1, -0.05) is 44.2 Å². The number of nitrogens with one attached hydrogen (secondary N) is 2. The normalized spacial score (nSPS) is 11.6. The number of carbonyl (C=O) groups is 3. The zero-order valence-corrected chi connectivity index (χ0v) is 12.5. The Hall–Kier alpha value is -2.57. The second-order valence-electron chi connectivity index (χ2n) is 5.02. The molecule has 1 aromatic rings. The molecule has 2 amide bonds. The molecule has 0 fully saturated rings. The predicted molar refractivity (Wildman–Crippen MR) is 76.4 cm³/mol. The summed E-state index contributed by atoms with van der Waals surface area (Å²) in [5, 5.41) is 15.4. The maximum Gasteiger partial charge on any atom is 0.407 e. The van der Waals surface area contributed by atoms with Crippen molar-refractivity contribution in [1.29, 1.82) is 0 Å². The predicted octanol–water partition coefficient (Wildman–Crippen LogP) is -0.197. The lowest BCUT2D eigenvalue weighted by molar-refractivity contribution is -0.309. The number of benzene rings is 1. The number of hydrogen-bond donors (Lipinski definition) is 2. The van der Waals surface area contributed by atoms with Gasteiger partial charge in [0.25, 0.3) is 0 Å². The molecule has 22 heavy (non-hydrogen) atoms. The van der Waals surface area contributed by atoms with E-state index in [1.807, 2.05) is 18.2 Å². The van der Waals surface area contributed by atoms with Crippen LogP contribution < -0.4 is 15.7 Å². The fraction of sp³-hybridized carbons (Fsp3) is 0.400. The van der Waals surface area contributed by atoms with Crippen LogP contribution in [-0.4, -0.2) is 30.6 Å². The summed E-state index contributed by atoms with van der Waals surface area (Å²) >= 11 is 0. The van der Waals surface area contributed by atoms with Gasteiger partial charge in [-0.05, 0) is 11.5 Å². The zero-order chi connectivity index (χ0) is 16.5. The van der Waals surface area contributed by atoms with E-state index in [1.165, 1.54) is 0 Å². The molecule has 0 aliphatic heterocycles. The zero-order valence-electron chi connectivity index (χ0n) is 12.5. The number of amides is 2. The molecule has 0 heterocycles. The Balaban J connectivity index is 2.31. The van der Waals surface area contributed by atoms with E-state index >= 15 is 0 Å². The van der Waals surface area contributed by atoms with E-state index in [1.54, 1.807) is 26.0 Å². The molecule has 0 aromatic heterocycles. The third kappa shape index (κ3) is 6.25. The van der Waals surface area contributed by atoms with Crippen LogP contribution in [0.4, 0.5) is 4.79 Å². The van der Waals surface area contributed by atoms with E-state index in [0.29, 0.717) is 0 Å². The van der Waals surface area contributed by atoms with Crippen molar-refractivity contribution in [3.05, 3.63) is 35.9 Å². The van der Waals surface area contributed by atoms with Gasteiger partial charge in [-0.25, -0.2) is 4.79 Å². The molecule has 0 aliphatic carbocycles. The number of alkyl carbamates (subject to hydrolysis) is 1. The summed E-state index contributed by atoms with van der Waals surface area (Å²) in [5.41, 5.74) is 0.818. The lowest BCUT2D eigenvalue weighted by Crippen LogP contribution is -2.52. The number of carbonyl (C=O) groups excluding carboxylic acids is 3. The van der Waals surface area contributed by atoms with Gasteiger partial charge < -0.3 is 25.3 Å². The van der Waals surface area contributed by atoms with Gasteiger partial charge >= 0.3 is 6.09 Å². The summed E-state index contributed by atoms with van der Waals surface area (Å²) in [6.45, 7) is 3.00. The van der Waals surface area contributed by atoms with Crippen molar-refractivity contribution >= 4 is 18.0 Å². The molecule has 0 bridgehead atoms. The fourth-order valence-corrected chi connectivity index (χ4v) is 1.65. The molecule has 0 aliphatic rings. The topological polar surface area (TPSA) is 108 Å². The molecule has 0 unspecified atom stereocenters. The van der Waals surface area contributed by atoms with Gasteiger partial charge in [0.1, 0.15) is 13.2 Å². The number of hydrogen-bond acceptors (Lipinski definition) is 5. The fourth-order valence-electron chi connectivity index (χ4n) is 1.65. The number of carboxylic acids is 1. The van der Waals surface area contributed by atoms with Gasteiger partial charge in [0.2, 0.25) is 5.91 Å². The van der Waals surface area contributed by atoms with Crippen LogP contribution >= 0.6 is 0 Å². The molecule has 7 heteroatoms. The van der Waals surface area contributed by atoms with Gasteiger partial charge in [0.05, 0.1) is 12.0 Å². The Morgan fingerprint density at radius 1 is 1.18 bits per heavy atom. The minimum absolute atomic E-state index is 0.0853. The summed E-state index contributed by atoms with van der Waals surface area (Å²) in [4.78, 5) is 33.8. The first-order valence-corrected chi connectivity index (χ1v) is 6.85. The minimum Gasteiger partial charge on any atom is -0.548 e. The van der Waals surface area contributed by atoms with Crippen LogP contribution in [0.25, 0.3) is 0 Å². The van der Waals surface area contributed by atoms with E-state index in [9.17, 15) is 19.5 Å². The SMILES string of the molecule is CC(C)[C@H](NC(=O)CNC(=O)OCc1ccccc1)C(=O)[O-]. The van der Waals surface area contributed by atoms with Gasteiger partial charge in [-0.2, -0.15) is 0 Å². The molecule has 2 N–H and O–H groups in total. The van der Waals surface area contributed by atoms with Crippen molar-refractivity contribution < 1.29 is 24.2 Å². The van der Waals surface area contributed by atoms with Crippen LogP contribution in [0.3, 0.4) is 0 Å².